The van der Waals surface area contributed by atoms with Gasteiger partial charge in [-0.25, -0.2) is 4.39 Å². The lowest BCUT2D eigenvalue weighted by molar-refractivity contribution is -0.113. The van der Waals surface area contributed by atoms with Gasteiger partial charge in [0, 0.05) is 11.3 Å². The Kier molecular flexibility index (Phi) is 6.32. The van der Waals surface area contributed by atoms with Crippen LogP contribution in [0.15, 0.2) is 18.2 Å². The van der Waals surface area contributed by atoms with Crippen molar-refractivity contribution in [1.82, 2.24) is 5.32 Å². The third-order valence-corrected chi connectivity index (χ3v) is 4.63. The van der Waals surface area contributed by atoms with Crippen LogP contribution in [-0.2, 0) is 4.79 Å². The molecule has 0 spiro atoms. The highest BCUT2D eigenvalue weighted by molar-refractivity contribution is 8.00. The van der Waals surface area contributed by atoms with E-state index >= 15 is 0 Å². The Morgan fingerprint density at radius 1 is 1.48 bits per heavy atom. The molecular weight excluding hydrogens is 291 g/mol. The van der Waals surface area contributed by atoms with Crippen LogP contribution in [0.2, 0.25) is 0 Å². The molecule has 1 amide bonds. The second-order valence-corrected chi connectivity index (χ2v) is 6.17. The van der Waals surface area contributed by atoms with Gasteiger partial charge in [-0.15, -0.1) is 11.8 Å². The first kappa shape index (κ1) is 16.1. The van der Waals surface area contributed by atoms with Crippen LogP contribution in [-0.4, -0.2) is 36.6 Å². The molecule has 21 heavy (non-hydrogen) atoms. The van der Waals surface area contributed by atoms with E-state index < -0.39 is 0 Å². The summed E-state index contributed by atoms with van der Waals surface area (Å²) in [6.45, 7) is 4.29. The normalized spacial score (nSPS) is 15.7. The van der Waals surface area contributed by atoms with Crippen molar-refractivity contribution in [2.45, 2.75) is 25.0 Å². The molecule has 0 aliphatic carbocycles. The SMILES string of the molecule is CCOc1cc(F)ccc1NC(=O)CSC1CCNCC1. The van der Waals surface area contributed by atoms with E-state index in [0.29, 0.717) is 29.0 Å². The van der Waals surface area contributed by atoms with Crippen LogP contribution in [0.5, 0.6) is 5.75 Å². The third-order valence-electron chi connectivity index (χ3n) is 3.25. The zero-order chi connectivity index (χ0) is 15.1. The van der Waals surface area contributed by atoms with E-state index in [9.17, 15) is 9.18 Å². The Hall–Kier alpha value is -1.27. The van der Waals surface area contributed by atoms with E-state index in [2.05, 4.69) is 10.6 Å². The van der Waals surface area contributed by atoms with Gasteiger partial charge in [0.2, 0.25) is 5.91 Å². The quantitative estimate of drug-likeness (QED) is 0.848. The number of benzene rings is 1. The Labute approximate surface area is 128 Å². The van der Waals surface area contributed by atoms with E-state index in [1.54, 1.807) is 11.8 Å². The smallest absolute Gasteiger partial charge is 0.234 e. The lowest BCUT2D eigenvalue weighted by atomic mass is 10.2. The van der Waals surface area contributed by atoms with Crippen molar-refractivity contribution in [2.24, 2.45) is 0 Å². The van der Waals surface area contributed by atoms with Crippen molar-refractivity contribution in [3.63, 3.8) is 0 Å². The van der Waals surface area contributed by atoms with Crippen LogP contribution in [0, 0.1) is 5.82 Å². The summed E-state index contributed by atoms with van der Waals surface area (Å²) in [4.78, 5) is 12.0. The minimum absolute atomic E-state index is 0.0777. The Balaban J connectivity index is 1.86. The fraction of sp³-hybridized carbons (Fsp3) is 0.533. The minimum atomic E-state index is -0.375. The lowest BCUT2D eigenvalue weighted by Crippen LogP contribution is -2.30. The maximum atomic E-state index is 13.2. The van der Waals surface area contributed by atoms with E-state index in [0.717, 1.165) is 25.9 Å². The average Bonchev–Trinajstić information content (AvgIpc) is 2.49. The van der Waals surface area contributed by atoms with Gasteiger partial charge in [-0.1, -0.05) is 0 Å². The largest absolute Gasteiger partial charge is 0.492 e. The summed E-state index contributed by atoms with van der Waals surface area (Å²) in [6, 6.07) is 4.14. The van der Waals surface area contributed by atoms with E-state index in [4.69, 9.17) is 4.74 Å². The Morgan fingerprint density at radius 2 is 2.24 bits per heavy atom. The van der Waals surface area contributed by atoms with Crippen molar-refractivity contribution < 1.29 is 13.9 Å². The number of halogens is 1. The number of hydrogen-bond donors (Lipinski definition) is 2. The van der Waals surface area contributed by atoms with Gasteiger partial charge in [0.05, 0.1) is 18.0 Å². The number of rotatable bonds is 6. The number of hydrogen-bond acceptors (Lipinski definition) is 4. The van der Waals surface area contributed by atoms with Crippen molar-refractivity contribution in [2.75, 3.05) is 30.8 Å². The molecule has 1 heterocycles. The van der Waals surface area contributed by atoms with Crippen LogP contribution in [0.25, 0.3) is 0 Å². The highest BCUT2D eigenvalue weighted by Gasteiger charge is 2.16. The molecule has 0 saturated carbocycles. The second kappa shape index (κ2) is 8.24. The molecule has 1 aliphatic rings. The second-order valence-electron chi connectivity index (χ2n) is 4.88. The third kappa shape index (κ3) is 5.21. The predicted molar refractivity (Wildman–Crippen MR) is 84.5 cm³/mol. The van der Waals surface area contributed by atoms with Gasteiger partial charge < -0.3 is 15.4 Å². The fourth-order valence-corrected chi connectivity index (χ4v) is 3.24. The molecule has 1 aliphatic heterocycles. The van der Waals surface area contributed by atoms with Gasteiger partial charge in [0.25, 0.3) is 0 Å². The van der Waals surface area contributed by atoms with Gasteiger partial charge >= 0.3 is 0 Å². The Morgan fingerprint density at radius 3 is 2.95 bits per heavy atom. The highest BCUT2D eigenvalue weighted by Crippen LogP contribution is 2.26. The molecule has 0 bridgehead atoms. The molecule has 1 aromatic carbocycles. The summed E-state index contributed by atoms with van der Waals surface area (Å²) in [5.74, 6) is 0.331. The van der Waals surface area contributed by atoms with Crippen LogP contribution < -0.4 is 15.4 Å². The molecule has 2 rings (SSSR count). The standard InChI is InChI=1S/C15H21FN2O2S/c1-2-20-14-9-11(16)3-4-13(14)18-15(19)10-21-12-5-7-17-8-6-12/h3-4,9,12,17H,2,5-8,10H2,1H3,(H,18,19). The summed E-state index contributed by atoms with van der Waals surface area (Å²) in [6.07, 6.45) is 2.19. The maximum absolute atomic E-state index is 13.2. The number of piperidine rings is 1. The van der Waals surface area contributed by atoms with Crippen molar-refractivity contribution in [3.05, 3.63) is 24.0 Å². The highest BCUT2D eigenvalue weighted by atomic mass is 32.2. The minimum Gasteiger partial charge on any atom is -0.492 e. The topological polar surface area (TPSA) is 50.4 Å². The van der Waals surface area contributed by atoms with Gasteiger partial charge in [-0.2, -0.15) is 0 Å². The molecule has 1 fully saturated rings. The first-order chi connectivity index (χ1) is 10.2. The number of anilines is 1. The molecule has 2 N–H and O–H groups in total. The first-order valence-electron chi connectivity index (χ1n) is 7.23. The van der Waals surface area contributed by atoms with Crippen LogP contribution >= 0.6 is 11.8 Å². The average molecular weight is 312 g/mol. The van der Waals surface area contributed by atoms with Gasteiger partial charge in [-0.05, 0) is 45.0 Å². The Bertz CT molecular complexity index is 479. The zero-order valence-electron chi connectivity index (χ0n) is 12.2. The number of nitrogens with one attached hydrogen (secondary N) is 2. The van der Waals surface area contributed by atoms with E-state index in [1.807, 2.05) is 6.92 Å². The maximum Gasteiger partial charge on any atom is 0.234 e. The summed E-state index contributed by atoms with van der Waals surface area (Å²) < 4.78 is 18.5. The molecular formula is C15H21FN2O2S. The van der Waals surface area contributed by atoms with Crippen molar-refractivity contribution in [1.29, 1.82) is 0 Å². The molecule has 1 saturated heterocycles. The summed E-state index contributed by atoms with van der Waals surface area (Å²) in [7, 11) is 0. The van der Waals surface area contributed by atoms with Crippen LogP contribution in [0.4, 0.5) is 10.1 Å². The predicted octanol–water partition coefficient (Wildman–Crippen LogP) is 2.65. The number of carbonyl (C=O) groups excluding carboxylic acids is 1. The number of carbonyl (C=O) groups is 1. The lowest BCUT2D eigenvalue weighted by Gasteiger charge is -2.21. The van der Waals surface area contributed by atoms with Crippen LogP contribution in [0.3, 0.4) is 0 Å². The van der Waals surface area contributed by atoms with Crippen molar-refractivity contribution in [3.8, 4) is 5.75 Å². The van der Waals surface area contributed by atoms with Gasteiger partial charge in [0.1, 0.15) is 11.6 Å². The zero-order valence-corrected chi connectivity index (χ0v) is 13.0. The van der Waals surface area contributed by atoms with Crippen molar-refractivity contribution >= 4 is 23.4 Å². The molecule has 4 nitrogen and oxygen atoms in total. The van der Waals surface area contributed by atoms with Gasteiger partial charge in [0.15, 0.2) is 0 Å². The molecule has 0 unspecified atom stereocenters. The summed E-state index contributed by atoms with van der Waals surface area (Å²) in [5, 5.41) is 6.64. The fourth-order valence-electron chi connectivity index (χ4n) is 2.22. The number of amides is 1. The van der Waals surface area contributed by atoms with Gasteiger partial charge in [-0.3, -0.25) is 4.79 Å². The molecule has 0 atom stereocenters. The monoisotopic (exact) mass is 312 g/mol. The number of ether oxygens (including phenoxy) is 1. The molecule has 0 aromatic heterocycles. The van der Waals surface area contributed by atoms with E-state index in [1.165, 1.54) is 18.2 Å². The number of thioether (sulfide) groups is 1. The summed E-state index contributed by atoms with van der Waals surface area (Å²) >= 11 is 1.68. The molecule has 116 valence electrons. The summed E-state index contributed by atoms with van der Waals surface area (Å²) in [5.41, 5.74) is 0.522. The first-order valence-corrected chi connectivity index (χ1v) is 8.28. The molecule has 0 radical (unpaired) electrons. The van der Waals surface area contributed by atoms with Crippen LogP contribution in [0.1, 0.15) is 19.8 Å². The van der Waals surface area contributed by atoms with E-state index in [-0.39, 0.29) is 11.7 Å². The molecule has 1 aromatic rings. The molecule has 6 heteroatoms.